The van der Waals surface area contributed by atoms with Gasteiger partial charge >= 0.3 is 0 Å². The lowest BCUT2D eigenvalue weighted by Crippen LogP contribution is -2.49. The Hall–Kier alpha value is -3.03. The number of anilines is 1. The number of fused-ring (bicyclic) bond motifs is 1. The van der Waals surface area contributed by atoms with Gasteiger partial charge in [0.1, 0.15) is 6.33 Å². The molecular weight excluding hydrogens is 318 g/mol. The second-order valence-electron chi connectivity index (χ2n) is 5.93. The zero-order valence-corrected chi connectivity index (χ0v) is 14.0. The van der Waals surface area contributed by atoms with Crippen LogP contribution in [0.4, 0.5) is 5.82 Å². The summed E-state index contributed by atoms with van der Waals surface area (Å²) < 4.78 is 1.72. The molecule has 3 aromatic rings. The maximum absolute atomic E-state index is 11.8. The van der Waals surface area contributed by atoms with E-state index in [2.05, 4.69) is 25.2 Å². The van der Waals surface area contributed by atoms with Crippen LogP contribution in [0, 0.1) is 0 Å². The molecule has 0 radical (unpaired) electrons. The third-order valence-corrected chi connectivity index (χ3v) is 4.45. The van der Waals surface area contributed by atoms with E-state index in [9.17, 15) is 4.79 Å². The van der Waals surface area contributed by atoms with Crippen molar-refractivity contribution in [2.75, 3.05) is 31.1 Å². The van der Waals surface area contributed by atoms with Gasteiger partial charge < -0.3 is 9.80 Å². The highest BCUT2D eigenvalue weighted by molar-refractivity contribution is 5.84. The van der Waals surface area contributed by atoms with Gasteiger partial charge in [-0.05, 0) is 12.1 Å². The first-order valence-corrected chi connectivity index (χ1v) is 8.42. The van der Waals surface area contributed by atoms with E-state index in [1.807, 2.05) is 42.2 Å². The number of carbonyl (C=O) groups excluding carboxylic acids is 1. The van der Waals surface area contributed by atoms with Gasteiger partial charge in [-0.15, -0.1) is 5.10 Å². The molecule has 1 aromatic carbocycles. The van der Waals surface area contributed by atoms with Crippen molar-refractivity contribution in [1.82, 2.24) is 29.9 Å². The van der Waals surface area contributed by atoms with Crippen LogP contribution in [0.2, 0.25) is 0 Å². The Balaban J connectivity index is 1.64. The van der Waals surface area contributed by atoms with Crippen LogP contribution >= 0.6 is 0 Å². The molecule has 0 bridgehead atoms. The molecule has 3 heterocycles. The molecule has 1 aliphatic heterocycles. The summed E-state index contributed by atoms with van der Waals surface area (Å²) in [6.07, 6.45) is 2.09. The van der Waals surface area contributed by atoms with E-state index < -0.39 is 0 Å². The van der Waals surface area contributed by atoms with Crippen LogP contribution < -0.4 is 4.90 Å². The number of carbonyl (C=O) groups is 1. The number of piperazine rings is 1. The summed E-state index contributed by atoms with van der Waals surface area (Å²) >= 11 is 0. The summed E-state index contributed by atoms with van der Waals surface area (Å²) in [7, 11) is 0. The molecule has 0 aliphatic carbocycles. The van der Waals surface area contributed by atoms with Gasteiger partial charge in [-0.1, -0.05) is 30.3 Å². The maximum Gasteiger partial charge on any atom is 0.222 e. The SMILES string of the molecule is CCC(=O)N1CCN(c2ncnc3c2nnn3-c2ccccc2)CC1. The number of rotatable bonds is 3. The van der Waals surface area contributed by atoms with Crippen molar-refractivity contribution in [3.8, 4) is 5.69 Å². The van der Waals surface area contributed by atoms with Crippen LogP contribution in [-0.2, 0) is 4.79 Å². The Morgan fingerprint density at radius 3 is 2.56 bits per heavy atom. The minimum absolute atomic E-state index is 0.197. The molecule has 0 spiro atoms. The highest BCUT2D eigenvalue weighted by Gasteiger charge is 2.24. The van der Waals surface area contributed by atoms with Gasteiger partial charge in [0.25, 0.3) is 0 Å². The fourth-order valence-electron chi connectivity index (χ4n) is 3.10. The van der Waals surface area contributed by atoms with Gasteiger partial charge in [0.2, 0.25) is 5.91 Å². The molecule has 4 rings (SSSR count). The van der Waals surface area contributed by atoms with Crippen molar-refractivity contribution in [3.63, 3.8) is 0 Å². The van der Waals surface area contributed by atoms with Crippen LogP contribution in [0.5, 0.6) is 0 Å². The number of hydrogen-bond donors (Lipinski definition) is 0. The molecule has 0 saturated carbocycles. The first kappa shape index (κ1) is 15.5. The molecule has 1 amide bonds. The lowest BCUT2D eigenvalue weighted by atomic mass is 10.2. The lowest BCUT2D eigenvalue weighted by Gasteiger charge is -2.35. The Morgan fingerprint density at radius 1 is 1.08 bits per heavy atom. The van der Waals surface area contributed by atoms with E-state index in [0.29, 0.717) is 30.7 Å². The van der Waals surface area contributed by atoms with Crippen molar-refractivity contribution >= 4 is 22.9 Å². The van der Waals surface area contributed by atoms with E-state index in [4.69, 9.17) is 0 Å². The molecular formula is C17H19N7O. The van der Waals surface area contributed by atoms with Crippen LogP contribution in [0.1, 0.15) is 13.3 Å². The number of benzene rings is 1. The fourth-order valence-corrected chi connectivity index (χ4v) is 3.10. The van der Waals surface area contributed by atoms with Gasteiger partial charge in [-0.25, -0.2) is 9.97 Å². The highest BCUT2D eigenvalue weighted by Crippen LogP contribution is 2.23. The topological polar surface area (TPSA) is 80.0 Å². The summed E-state index contributed by atoms with van der Waals surface area (Å²) in [4.78, 5) is 24.7. The van der Waals surface area contributed by atoms with Gasteiger partial charge in [-0.3, -0.25) is 4.79 Å². The lowest BCUT2D eigenvalue weighted by molar-refractivity contribution is -0.131. The Morgan fingerprint density at radius 2 is 1.84 bits per heavy atom. The second-order valence-corrected chi connectivity index (χ2v) is 5.93. The Bertz CT molecular complexity index is 884. The van der Waals surface area contributed by atoms with Gasteiger partial charge in [0, 0.05) is 32.6 Å². The van der Waals surface area contributed by atoms with Crippen LogP contribution in [0.15, 0.2) is 36.7 Å². The first-order valence-electron chi connectivity index (χ1n) is 8.42. The fraction of sp³-hybridized carbons (Fsp3) is 0.353. The number of hydrogen-bond acceptors (Lipinski definition) is 6. The molecule has 25 heavy (non-hydrogen) atoms. The average molecular weight is 337 g/mol. The third-order valence-electron chi connectivity index (χ3n) is 4.45. The first-order chi connectivity index (χ1) is 12.3. The summed E-state index contributed by atoms with van der Waals surface area (Å²) in [5.74, 6) is 0.971. The summed E-state index contributed by atoms with van der Waals surface area (Å²) in [6, 6.07) is 9.79. The van der Waals surface area contributed by atoms with Gasteiger partial charge in [-0.2, -0.15) is 4.68 Å². The normalized spacial score (nSPS) is 14.9. The summed E-state index contributed by atoms with van der Waals surface area (Å²) in [6.45, 7) is 4.76. The zero-order valence-electron chi connectivity index (χ0n) is 14.0. The molecule has 8 heteroatoms. The molecule has 2 aromatic heterocycles. The largest absolute Gasteiger partial charge is 0.351 e. The molecule has 1 saturated heterocycles. The summed E-state index contributed by atoms with van der Waals surface area (Å²) in [5.41, 5.74) is 2.28. The zero-order chi connectivity index (χ0) is 17.2. The maximum atomic E-state index is 11.8. The van der Waals surface area contributed by atoms with Gasteiger partial charge in [0.05, 0.1) is 5.69 Å². The molecule has 1 fully saturated rings. The molecule has 0 atom stereocenters. The molecule has 128 valence electrons. The minimum Gasteiger partial charge on any atom is -0.351 e. The number of nitrogens with zero attached hydrogens (tertiary/aromatic N) is 7. The second kappa shape index (κ2) is 6.46. The average Bonchev–Trinajstić information content (AvgIpc) is 3.12. The third kappa shape index (κ3) is 2.79. The van der Waals surface area contributed by atoms with Crippen molar-refractivity contribution in [3.05, 3.63) is 36.7 Å². The number of aromatic nitrogens is 5. The Labute approximate surface area is 145 Å². The van der Waals surface area contributed by atoms with Crippen molar-refractivity contribution in [2.24, 2.45) is 0 Å². The standard InChI is InChI=1S/C17H19N7O/c1-2-14(25)22-8-10-23(11-9-22)16-15-17(19-12-18-16)24(21-20-15)13-6-4-3-5-7-13/h3-7,12H,2,8-11H2,1H3. The highest BCUT2D eigenvalue weighted by atomic mass is 16.2. The van der Waals surface area contributed by atoms with E-state index in [1.165, 1.54) is 0 Å². The molecule has 8 nitrogen and oxygen atoms in total. The van der Waals surface area contributed by atoms with Crippen LogP contribution in [-0.4, -0.2) is 61.9 Å². The Kier molecular flexibility index (Phi) is 4.01. The predicted octanol–water partition coefficient (Wildman–Crippen LogP) is 1.27. The number of amides is 1. The monoisotopic (exact) mass is 337 g/mol. The van der Waals surface area contributed by atoms with E-state index in [1.54, 1.807) is 11.0 Å². The molecule has 1 aliphatic rings. The van der Waals surface area contributed by atoms with Gasteiger partial charge in [0.15, 0.2) is 17.0 Å². The molecule has 0 N–H and O–H groups in total. The molecule has 0 unspecified atom stereocenters. The summed E-state index contributed by atoms with van der Waals surface area (Å²) in [5, 5.41) is 8.56. The van der Waals surface area contributed by atoms with Crippen molar-refractivity contribution < 1.29 is 4.79 Å². The smallest absolute Gasteiger partial charge is 0.222 e. The van der Waals surface area contributed by atoms with E-state index in [-0.39, 0.29) is 5.91 Å². The van der Waals surface area contributed by atoms with E-state index >= 15 is 0 Å². The van der Waals surface area contributed by atoms with Crippen molar-refractivity contribution in [2.45, 2.75) is 13.3 Å². The van der Waals surface area contributed by atoms with Crippen molar-refractivity contribution in [1.29, 1.82) is 0 Å². The minimum atomic E-state index is 0.197. The predicted molar refractivity (Wildman–Crippen MR) is 93.5 cm³/mol. The van der Waals surface area contributed by atoms with Crippen LogP contribution in [0.25, 0.3) is 16.9 Å². The quantitative estimate of drug-likeness (QED) is 0.716. The van der Waals surface area contributed by atoms with E-state index in [0.717, 1.165) is 24.6 Å². The van der Waals surface area contributed by atoms with Crippen LogP contribution in [0.3, 0.4) is 0 Å². The number of para-hydroxylation sites is 1.